The van der Waals surface area contributed by atoms with E-state index < -0.39 is 5.63 Å². The van der Waals surface area contributed by atoms with E-state index in [1.54, 1.807) is 13.0 Å². The number of aryl methyl sites for hydroxylation is 2. The Morgan fingerprint density at radius 2 is 1.78 bits per heavy atom. The Bertz CT molecular complexity index is 1350. The van der Waals surface area contributed by atoms with Crippen molar-refractivity contribution < 1.29 is 18.7 Å². The van der Waals surface area contributed by atoms with Crippen molar-refractivity contribution in [3.63, 3.8) is 0 Å². The van der Waals surface area contributed by atoms with Gasteiger partial charge in [0.25, 0.3) is 0 Å². The molecule has 4 aromatic rings. The summed E-state index contributed by atoms with van der Waals surface area (Å²) in [6.45, 7) is 6.45. The Kier molecular flexibility index (Phi) is 6.26. The molecule has 0 atom stereocenters. The Morgan fingerprint density at radius 3 is 2.59 bits per heavy atom. The van der Waals surface area contributed by atoms with Crippen molar-refractivity contribution in [3.05, 3.63) is 87.3 Å². The van der Waals surface area contributed by atoms with Crippen molar-refractivity contribution in [1.29, 1.82) is 0 Å². The Labute approximate surface area is 186 Å². The summed E-state index contributed by atoms with van der Waals surface area (Å²) < 4.78 is 16.6. The highest BCUT2D eigenvalue weighted by Crippen LogP contribution is 2.27. The van der Waals surface area contributed by atoms with Crippen molar-refractivity contribution >= 4 is 27.7 Å². The minimum Gasteiger partial charge on any atom is -0.489 e. The first-order chi connectivity index (χ1) is 15.5. The van der Waals surface area contributed by atoms with Gasteiger partial charge < -0.3 is 13.9 Å². The van der Waals surface area contributed by atoms with Gasteiger partial charge in [-0.2, -0.15) is 0 Å². The Hall–Kier alpha value is -3.60. The van der Waals surface area contributed by atoms with Crippen LogP contribution in [0, 0.1) is 13.8 Å². The smallest absolute Gasteiger partial charge is 0.339 e. The molecule has 0 amide bonds. The molecule has 1 aromatic heterocycles. The quantitative estimate of drug-likeness (QED) is 0.280. The minimum atomic E-state index is -0.429. The molecule has 0 radical (unpaired) electrons. The first-order valence-electron chi connectivity index (χ1n) is 10.8. The molecule has 1 heterocycles. The lowest BCUT2D eigenvalue weighted by atomic mass is 10.0. The molecule has 0 aliphatic carbocycles. The fraction of sp³-hybridized carbons (Fsp3) is 0.259. The molecule has 0 unspecified atom stereocenters. The zero-order chi connectivity index (χ0) is 22.7. The first-order valence-corrected chi connectivity index (χ1v) is 10.8. The maximum Gasteiger partial charge on any atom is 0.339 e. The summed E-state index contributed by atoms with van der Waals surface area (Å²) in [4.78, 5) is 24.2. The number of fused-ring (bicyclic) bond motifs is 2. The van der Waals surface area contributed by atoms with Crippen LogP contribution in [0.1, 0.15) is 35.6 Å². The predicted molar refractivity (Wildman–Crippen MR) is 125 cm³/mol. The van der Waals surface area contributed by atoms with Crippen molar-refractivity contribution in [1.82, 2.24) is 0 Å². The van der Waals surface area contributed by atoms with Gasteiger partial charge in [0, 0.05) is 29.0 Å². The highest BCUT2D eigenvalue weighted by atomic mass is 16.5. The molecular weight excluding hydrogens is 404 g/mol. The van der Waals surface area contributed by atoms with Gasteiger partial charge in [0.15, 0.2) is 0 Å². The van der Waals surface area contributed by atoms with Crippen molar-refractivity contribution in [2.24, 2.45) is 0 Å². The second kappa shape index (κ2) is 9.27. The number of rotatable bonds is 7. The third kappa shape index (κ3) is 4.37. The van der Waals surface area contributed by atoms with E-state index in [-0.39, 0.29) is 12.4 Å². The van der Waals surface area contributed by atoms with Crippen LogP contribution in [0.25, 0.3) is 21.7 Å². The lowest BCUT2D eigenvalue weighted by Gasteiger charge is -2.13. The van der Waals surface area contributed by atoms with Crippen molar-refractivity contribution in [2.75, 3.05) is 6.61 Å². The van der Waals surface area contributed by atoms with Crippen LogP contribution in [0.2, 0.25) is 0 Å². The van der Waals surface area contributed by atoms with Crippen molar-refractivity contribution in [3.8, 4) is 5.75 Å². The highest BCUT2D eigenvalue weighted by molar-refractivity contribution is 5.87. The fourth-order valence-corrected chi connectivity index (χ4v) is 4.01. The maximum atomic E-state index is 12.5. The second-order valence-electron chi connectivity index (χ2n) is 7.83. The van der Waals surface area contributed by atoms with E-state index in [1.807, 2.05) is 31.2 Å². The monoisotopic (exact) mass is 430 g/mol. The van der Waals surface area contributed by atoms with Crippen LogP contribution in [-0.4, -0.2) is 12.6 Å². The molecule has 0 spiro atoms. The van der Waals surface area contributed by atoms with Gasteiger partial charge in [-0.3, -0.25) is 4.79 Å². The Morgan fingerprint density at radius 1 is 0.969 bits per heavy atom. The number of ether oxygens (including phenoxy) is 2. The van der Waals surface area contributed by atoms with Gasteiger partial charge in [0.2, 0.25) is 0 Å². The fourth-order valence-electron chi connectivity index (χ4n) is 4.01. The van der Waals surface area contributed by atoms with Crippen LogP contribution in [0.4, 0.5) is 0 Å². The second-order valence-corrected chi connectivity index (χ2v) is 7.83. The average Bonchev–Trinajstić information content (AvgIpc) is 2.78. The van der Waals surface area contributed by atoms with Crippen LogP contribution < -0.4 is 10.4 Å². The van der Waals surface area contributed by atoms with Crippen LogP contribution in [-0.2, 0) is 22.6 Å². The zero-order valence-electron chi connectivity index (χ0n) is 18.6. The average molecular weight is 431 g/mol. The number of hydrogen-bond donors (Lipinski definition) is 0. The van der Waals surface area contributed by atoms with E-state index in [9.17, 15) is 9.59 Å². The molecule has 0 aliphatic heterocycles. The molecule has 0 aliphatic rings. The third-order valence-corrected chi connectivity index (χ3v) is 5.80. The van der Waals surface area contributed by atoms with Gasteiger partial charge in [0.1, 0.15) is 17.9 Å². The van der Waals surface area contributed by atoms with Crippen LogP contribution in [0.15, 0.2) is 63.8 Å². The molecular formula is C27H26O5. The van der Waals surface area contributed by atoms with Gasteiger partial charge in [-0.25, -0.2) is 4.79 Å². The van der Waals surface area contributed by atoms with E-state index in [0.29, 0.717) is 36.5 Å². The molecule has 0 saturated heterocycles. The minimum absolute atomic E-state index is 0.149. The molecule has 0 saturated carbocycles. The lowest BCUT2D eigenvalue weighted by Crippen LogP contribution is -2.13. The SMILES string of the molecule is CCOC(=O)CCc1c(C)c2ccc(OCc3c(C)ccc4ccccc34)cc2oc1=O. The summed E-state index contributed by atoms with van der Waals surface area (Å²) in [5, 5.41) is 3.17. The van der Waals surface area contributed by atoms with E-state index in [4.69, 9.17) is 13.9 Å². The summed E-state index contributed by atoms with van der Waals surface area (Å²) in [7, 11) is 0. The maximum absolute atomic E-state index is 12.5. The number of hydrogen-bond acceptors (Lipinski definition) is 5. The van der Waals surface area contributed by atoms with Crippen LogP contribution >= 0.6 is 0 Å². The van der Waals surface area contributed by atoms with E-state index >= 15 is 0 Å². The van der Waals surface area contributed by atoms with Gasteiger partial charge in [-0.15, -0.1) is 0 Å². The number of benzene rings is 3. The molecule has 32 heavy (non-hydrogen) atoms. The largest absolute Gasteiger partial charge is 0.489 e. The molecule has 3 aromatic carbocycles. The van der Waals surface area contributed by atoms with Gasteiger partial charge in [-0.1, -0.05) is 36.4 Å². The summed E-state index contributed by atoms with van der Waals surface area (Å²) >= 11 is 0. The molecule has 5 nitrogen and oxygen atoms in total. The molecule has 4 rings (SSSR count). The molecule has 0 N–H and O–H groups in total. The van der Waals surface area contributed by atoms with Crippen molar-refractivity contribution in [2.45, 2.75) is 40.2 Å². The molecule has 0 bridgehead atoms. The topological polar surface area (TPSA) is 65.7 Å². The normalized spacial score (nSPS) is 11.1. The van der Waals surface area contributed by atoms with Crippen LogP contribution in [0.3, 0.4) is 0 Å². The third-order valence-electron chi connectivity index (χ3n) is 5.80. The number of carbonyl (C=O) groups is 1. The number of carbonyl (C=O) groups excluding carboxylic acids is 1. The standard InChI is InChI=1S/C27H26O5/c1-4-30-26(28)14-13-22-18(3)21-12-11-20(15-25(21)32-27(22)29)31-16-24-17(2)9-10-19-7-5-6-8-23(19)24/h5-12,15H,4,13-14,16H2,1-3H3. The van der Waals surface area contributed by atoms with E-state index in [2.05, 4.69) is 31.2 Å². The van der Waals surface area contributed by atoms with Gasteiger partial charge in [-0.05, 0) is 61.2 Å². The van der Waals surface area contributed by atoms with E-state index in [1.165, 1.54) is 10.8 Å². The molecule has 0 fully saturated rings. The molecule has 164 valence electrons. The Balaban J connectivity index is 1.58. The highest BCUT2D eigenvalue weighted by Gasteiger charge is 2.14. The first kappa shape index (κ1) is 21.6. The summed E-state index contributed by atoms with van der Waals surface area (Å²) in [6, 6.07) is 18.0. The summed E-state index contributed by atoms with van der Waals surface area (Å²) in [6.07, 6.45) is 0.443. The summed E-state index contributed by atoms with van der Waals surface area (Å²) in [5.41, 5.74) is 3.66. The summed E-state index contributed by atoms with van der Waals surface area (Å²) in [5.74, 6) is 0.311. The number of esters is 1. The van der Waals surface area contributed by atoms with Crippen LogP contribution in [0.5, 0.6) is 5.75 Å². The van der Waals surface area contributed by atoms with Gasteiger partial charge >= 0.3 is 11.6 Å². The predicted octanol–water partition coefficient (Wildman–Crippen LogP) is 5.64. The zero-order valence-corrected chi connectivity index (χ0v) is 18.6. The van der Waals surface area contributed by atoms with E-state index in [0.717, 1.165) is 22.1 Å². The molecule has 5 heteroatoms. The lowest BCUT2D eigenvalue weighted by molar-refractivity contribution is -0.143. The van der Waals surface area contributed by atoms with Gasteiger partial charge in [0.05, 0.1) is 6.61 Å².